The Morgan fingerprint density at radius 1 is 0.885 bits per heavy atom. The number of ether oxygens (including phenoxy) is 1. The van der Waals surface area contributed by atoms with E-state index >= 15 is 0 Å². The number of nitriles is 1. The van der Waals surface area contributed by atoms with Crippen molar-refractivity contribution in [2.75, 3.05) is 0 Å². The van der Waals surface area contributed by atoms with Crippen LogP contribution in [0.2, 0.25) is 0 Å². The van der Waals surface area contributed by atoms with Crippen molar-refractivity contribution in [3.63, 3.8) is 0 Å². The summed E-state index contributed by atoms with van der Waals surface area (Å²) in [5.74, 6) is 3.12. The van der Waals surface area contributed by atoms with E-state index in [1.54, 1.807) is 0 Å². The van der Waals surface area contributed by atoms with Crippen LogP contribution in [-0.2, 0) is 9.53 Å². The summed E-state index contributed by atoms with van der Waals surface area (Å²) in [6, 6.07) is 2.35. The van der Waals surface area contributed by atoms with Crippen molar-refractivity contribution in [2.24, 2.45) is 29.6 Å². The van der Waals surface area contributed by atoms with Gasteiger partial charge >= 0.3 is 5.97 Å². The highest BCUT2D eigenvalue weighted by Gasteiger charge is 2.34. The molecule has 3 rings (SSSR count). The maximum atomic E-state index is 12.5. The fourth-order valence-electron chi connectivity index (χ4n) is 5.75. The first kappa shape index (κ1) is 19.7. The standard InChI is InChI=1S/C23H37NO2/c1-2-3-17-4-8-19(9-5-17)20-10-12-21(13-11-20)23(25)26-22-14-6-18(16-24)7-15-22/h17-22H,2-15H2,1H3. The molecule has 26 heavy (non-hydrogen) atoms. The van der Waals surface area contributed by atoms with Crippen LogP contribution in [0.5, 0.6) is 0 Å². The van der Waals surface area contributed by atoms with Gasteiger partial charge < -0.3 is 4.74 Å². The summed E-state index contributed by atoms with van der Waals surface area (Å²) < 4.78 is 5.80. The van der Waals surface area contributed by atoms with Crippen molar-refractivity contribution in [2.45, 2.75) is 103 Å². The monoisotopic (exact) mass is 359 g/mol. The van der Waals surface area contributed by atoms with Crippen LogP contribution in [0.3, 0.4) is 0 Å². The molecule has 0 unspecified atom stereocenters. The summed E-state index contributed by atoms with van der Waals surface area (Å²) in [5.41, 5.74) is 0. The highest BCUT2D eigenvalue weighted by Crippen LogP contribution is 2.42. The molecule has 0 radical (unpaired) electrons. The van der Waals surface area contributed by atoms with Gasteiger partial charge in [0.25, 0.3) is 0 Å². The summed E-state index contributed by atoms with van der Waals surface area (Å²) in [7, 11) is 0. The van der Waals surface area contributed by atoms with Gasteiger partial charge in [0.1, 0.15) is 6.10 Å². The molecule has 3 aliphatic carbocycles. The molecule has 0 aromatic carbocycles. The summed E-state index contributed by atoms with van der Waals surface area (Å²) in [5, 5.41) is 8.98. The topological polar surface area (TPSA) is 50.1 Å². The Kier molecular flexibility index (Phi) is 7.41. The minimum absolute atomic E-state index is 0.0514. The van der Waals surface area contributed by atoms with E-state index < -0.39 is 0 Å². The molecule has 3 aliphatic rings. The Hall–Kier alpha value is -1.04. The molecule has 3 nitrogen and oxygen atoms in total. The zero-order chi connectivity index (χ0) is 18.4. The molecule has 0 saturated heterocycles. The normalized spacial score (nSPS) is 38.3. The van der Waals surface area contributed by atoms with E-state index in [4.69, 9.17) is 10.00 Å². The lowest BCUT2D eigenvalue weighted by molar-refractivity contribution is -0.157. The van der Waals surface area contributed by atoms with Crippen LogP contribution in [0, 0.1) is 40.9 Å². The largest absolute Gasteiger partial charge is 0.462 e. The molecule has 0 atom stereocenters. The third-order valence-electron chi connectivity index (χ3n) is 7.50. The van der Waals surface area contributed by atoms with Crippen molar-refractivity contribution >= 4 is 5.97 Å². The molecular formula is C23H37NO2. The predicted octanol–water partition coefficient (Wildman–Crippen LogP) is 6.02. The molecule has 0 aliphatic heterocycles. The second kappa shape index (κ2) is 9.77. The zero-order valence-corrected chi connectivity index (χ0v) is 16.6. The number of esters is 1. The number of carbonyl (C=O) groups excluding carboxylic acids is 1. The average Bonchev–Trinajstić information content (AvgIpc) is 2.69. The van der Waals surface area contributed by atoms with Crippen LogP contribution in [0.25, 0.3) is 0 Å². The first-order chi connectivity index (χ1) is 12.7. The summed E-state index contributed by atoms with van der Waals surface area (Å²) >= 11 is 0. The first-order valence-corrected chi connectivity index (χ1v) is 11.3. The van der Waals surface area contributed by atoms with E-state index in [9.17, 15) is 4.79 Å². The minimum atomic E-state index is 0.0514. The van der Waals surface area contributed by atoms with Crippen molar-refractivity contribution in [3.05, 3.63) is 0 Å². The molecular weight excluding hydrogens is 322 g/mol. The van der Waals surface area contributed by atoms with Crippen LogP contribution < -0.4 is 0 Å². The fraction of sp³-hybridized carbons (Fsp3) is 0.913. The molecule has 0 N–H and O–H groups in total. The van der Waals surface area contributed by atoms with Gasteiger partial charge in [-0.25, -0.2) is 0 Å². The highest BCUT2D eigenvalue weighted by atomic mass is 16.5. The number of hydrogen-bond acceptors (Lipinski definition) is 3. The summed E-state index contributed by atoms with van der Waals surface area (Å²) in [6.07, 6.45) is 16.6. The Labute approximate surface area is 159 Å². The van der Waals surface area contributed by atoms with Gasteiger partial charge in [0, 0.05) is 5.92 Å². The molecule has 0 aromatic rings. The summed E-state index contributed by atoms with van der Waals surface area (Å²) in [6.45, 7) is 2.31. The first-order valence-electron chi connectivity index (χ1n) is 11.3. The van der Waals surface area contributed by atoms with Crippen molar-refractivity contribution < 1.29 is 9.53 Å². The molecule has 146 valence electrons. The highest BCUT2D eigenvalue weighted by molar-refractivity contribution is 5.72. The lowest BCUT2D eigenvalue weighted by atomic mass is 9.69. The number of rotatable bonds is 5. The second-order valence-corrected chi connectivity index (χ2v) is 9.22. The molecule has 0 heterocycles. The van der Waals surface area contributed by atoms with Gasteiger partial charge in [-0.2, -0.15) is 5.26 Å². The van der Waals surface area contributed by atoms with E-state index in [1.165, 1.54) is 51.4 Å². The maximum absolute atomic E-state index is 12.5. The third kappa shape index (κ3) is 5.24. The number of hydrogen-bond donors (Lipinski definition) is 0. The molecule has 0 aromatic heterocycles. The Balaban J connectivity index is 1.36. The van der Waals surface area contributed by atoms with Gasteiger partial charge in [-0.1, -0.05) is 32.6 Å². The van der Waals surface area contributed by atoms with Gasteiger partial charge in [0.15, 0.2) is 0 Å². The third-order valence-corrected chi connectivity index (χ3v) is 7.50. The van der Waals surface area contributed by atoms with Crippen LogP contribution in [0.1, 0.15) is 96.8 Å². The Morgan fingerprint density at radius 2 is 1.46 bits per heavy atom. The lowest BCUT2D eigenvalue weighted by Gasteiger charge is -2.37. The van der Waals surface area contributed by atoms with E-state index in [1.807, 2.05) is 0 Å². The average molecular weight is 360 g/mol. The van der Waals surface area contributed by atoms with E-state index in [2.05, 4.69) is 13.0 Å². The molecule has 0 spiro atoms. The van der Waals surface area contributed by atoms with E-state index in [0.717, 1.165) is 56.3 Å². The van der Waals surface area contributed by atoms with Crippen molar-refractivity contribution in [1.82, 2.24) is 0 Å². The molecule has 0 bridgehead atoms. The van der Waals surface area contributed by atoms with Gasteiger partial charge in [0.2, 0.25) is 0 Å². The van der Waals surface area contributed by atoms with Crippen LogP contribution in [0.15, 0.2) is 0 Å². The van der Waals surface area contributed by atoms with Crippen molar-refractivity contribution in [3.8, 4) is 6.07 Å². The van der Waals surface area contributed by atoms with Crippen LogP contribution in [0.4, 0.5) is 0 Å². The molecule has 0 amide bonds. The van der Waals surface area contributed by atoms with E-state index in [-0.39, 0.29) is 23.9 Å². The smallest absolute Gasteiger partial charge is 0.309 e. The van der Waals surface area contributed by atoms with Crippen LogP contribution in [-0.4, -0.2) is 12.1 Å². The second-order valence-electron chi connectivity index (χ2n) is 9.22. The van der Waals surface area contributed by atoms with Crippen molar-refractivity contribution in [1.29, 1.82) is 5.26 Å². The SMILES string of the molecule is CCCC1CCC(C2CCC(C(=O)OC3CCC(C#N)CC3)CC2)CC1. The van der Waals surface area contributed by atoms with Gasteiger partial charge in [-0.3, -0.25) is 4.79 Å². The number of carbonyl (C=O) groups is 1. The summed E-state index contributed by atoms with van der Waals surface area (Å²) in [4.78, 5) is 12.5. The molecule has 3 heteroatoms. The Morgan fingerprint density at radius 3 is 2.00 bits per heavy atom. The molecule has 3 saturated carbocycles. The lowest BCUT2D eigenvalue weighted by Crippen LogP contribution is -2.32. The van der Waals surface area contributed by atoms with E-state index in [0.29, 0.717) is 0 Å². The maximum Gasteiger partial charge on any atom is 0.309 e. The quantitative estimate of drug-likeness (QED) is 0.563. The zero-order valence-electron chi connectivity index (χ0n) is 16.6. The van der Waals surface area contributed by atoms with Gasteiger partial charge in [-0.15, -0.1) is 0 Å². The minimum Gasteiger partial charge on any atom is -0.462 e. The molecule has 3 fully saturated rings. The van der Waals surface area contributed by atoms with Gasteiger partial charge in [-0.05, 0) is 82.0 Å². The Bertz CT molecular complexity index is 473. The van der Waals surface area contributed by atoms with Gasteiger partial charge in [0.05, 0.1) is 12.0 Å². The predicted molar refractivity (Wildman–Crippen MR) is 103 cm³/mol. The van der Waals surface area contributed by atoms with Crippen LogP contribution >= 0.6 is 0 Å². The number of nitrogens with zero attached hydrogens (tertiary/aromatic N) is 1. The fourth-order valence-corrected chi connectivity index (χ4v) is 5.75.